The van der Waals surface area contributed by atoms with Crippen molar-refractivity contribution in [2.45, 2.75) is 50.5 Å². The SMILES string of the molecule is N#Cc1ccc(NC2CCC(NC(=O)c3ccc4c(c3)CN=C4)CC2)cc1C(F)(F)F. The molecular formula is C23H21F3N4O. The first-order valence-electron chi connectivity index (χ1n) is 10.1. The van der Waals surface area contributed by atoms with E-state index in [1.54, 1.807) is 18.4 Å². The zero-order chi connectivity index (χ0) is 22.0. The molecule has 31 heavy (non-hydrogen) atoms. The van der Waals surface area contributed by atoms with Crippen LogP contribution in [0, 0.1) is 11.3 Å². The number of hydrogen-bond donors (Lipinski definition) is 2. The average molecular weight is 426 g/mol. The van der Waals surface area contributed by atoms with Crippen molar-refractivity contribution in [3.8, 4) is 6.07 Å². The summed E-state index contributed by atoms with van der Waals surface area (Å²) in [7, 11) is 0. The summed E-state index contributed by atoms with van der Waals surface area (Å²) >= 11 is 0. The number of alkyl halides is 3. The first kappa shape index (κ1) is 20.9. The molecule has 5 nitrogen and oxygen atoms in total. The van der Waals surface area contributed by atoms with Crippen LogP contribution < -0.4 is 10.6 Å². The van der Waals surface area contributed by atoms with Crippen molar-refractivity contribution in [1.29, 1.82) is 5.26 Å². The number of hydrogen-bond acceptors (Lipinski definition) is 4. The molecule has 0 unspecified atom stereocenters. The minimum absolute atomic E-state index is 0.0133. The van der Waals surface area contributed by atoms with Crippen LogP contribution in [0.1, 0.15) is 58.3 Å². The molecule has 0 saturated heterocycles. The van der Waals surface area contributed by atoms with Crippen LogP contribution >= 0.6 is 0 Å². The molecule has 1 fully saturated rings. The Kier molecular flexibility index (Phi) is 5.68. The maximum atomic E-state index is 13.2. The van der Waals surface area contributed by atoms with Gasteiger partial charge in [-0.2, -0.15) is 18.4 Å². The molecule has 1 aliphatic heterocycles. The standard InChI is InChI=1S/C23H21F3N4O/c24-23(25,26)21-10-20(4-3-15(21)11-27)29-18-5-7-19(8-6-18)30-22(31)14-1-2-16-12-28-13-17(16)9-14/h1-4,9-10,12,18-19,29H,5-8,13H2,(H,30,31). The van der Waals surface area contributed by atoms with Crippen LogP contribution in [0.4, 0.5) is 18.9 Å². The van der Waals surface area contributed by atoms with Gasteiger partial charge in [0.1, 0.15) is 0 Å². The molecule has 2 N–H and O–H groups in total. The fraction of sp³-hybridized carbons (Fsp3) is 0.348. The minimum atomic E-state index is -4.58. The lowest BCUT2D eigenvalue weighted by Gasteiger charge is -2.30. The Balaban J connectivity index is 1.32. The summed E-state index contributed by atoms with van der Waals surface area (Å²) in [5, 5.41) is 15.1. The number of amides is 1. The molecular weight excluding hydrogens is 405 g/mol. The van der Waals surface area contributed by atoms with E-state index in [0.29, 0.717) is 17.8 Å². The van der Waals surface area contributed by atoms with E-state index in [1.165, 1.54) is 12.1 Å². The minimum Gasteiger partial charge on any atom is -0.382 e. The highest BCUT2D eigenvalue weighted by molar-refractivity contribution is 5.96. The molecule has 8 heteroatoms. The highest BCUT2D eigenvalue weighted by Crippen LogP contribution is 2.34. The van der Waals surface area contributed by atoms with Crippen molar-refractivity contribution >= 4 is 17.8 Å². The molecule has 0 spiro atoms. The highest BCUT2D eigenvalue weighted by Gasteiger charge is 2.34. The van der Waals surface area contributed by atoms with Gasteiger partial charge in [-0.25, -0.2) is 0 Å². The molecule has 4 rings (SSSR count). The summed E-state index contributed by atoms with van der Waals surface area (Å²) in [6.45, 7) is 0.596. The second-order valence-electron chi connectivity index (χ2n) is 7.92. The zero-order valence-electron chi connectivity index (χ0n) is 16.7. The van der Waals surface area contributed by atoms with Gasteiger partial charge in [0.15, 0.2) is 0 Å². The number of halogens is 3. The van der Waals surface area contributed by atoms with Gasteiger partial charge in [-0.15, -0.1) is 0 Å². The number of rotatable bonds is 4. The van der Waals surface area contributed by atoms with Crippen molar-refractivity contribution in [3.63, 3.8) is 0 Å². The van der Waals surface area contributed by atoms with E-state index in [-0.39, 0.29) is 23.6 Å². The van der Waals surface area contributed by atoms with Crippen LogP contribution in [0.2, 0.25) is 0 Å². The Morgan fingerprint density at radius 2 is 1.81 bits per heavy atom. The van der Waals surface area contributed by atoms with Crippen LogP contribution in [-0.4, -0.2) is 24.2 Å². The van der Waals surface area contributed by atoms with Crippen molar-refractivity contribution in [2.75, 3.05) is 5.32 Å². The average Bonchev–Trinajstić information content (AvgIpc) is 3.22. The summed E-state index contributed by atoms with van der Waals surface area (Å²) in [4.78, 5) is 16.8. The van der Waals surface area contributed by atoms with Crippen molar-refractivity contribution in [3.05, 3.63) is 64.2 Å². The number of anilines is 1. The molecule has 2 aliphatic rings. The molecule has 1 amide bonds. The third-order valence-electron chi connectivity index (χ3n) is 5.78. The number of carbonyl (C=O) groups excluding carboxylic acids is 1. The summed E-state index contributed by atoms with van der Waals surface area (Å²) in [5.41, 5.74) is 1.73. The number of carbonyl (C=O) groups is 1. The van der Waals surface area contributed by atoms with Gasteiger partial charge in [0.05, 0.1) is 23.7 Å². The lowest BCUT2D eigenvalue weighted by Crippen LogP contribution is -2.40. The van der Waals surface area contributed by atoms with Gasteiger partial charge in [-0.05, 0) is 67.1 Å². The summed E-state index contributed by atoms with van der Waals surface area (Å²) < 4.78 is 39.5. The van der Waals surface area contributed by atoms with Gasteiger partial charge in [-0.3, -0.25) is 9.79 Å². The smallest absolute Gasteiger partial charge is 0.382 e. The molecule has 160 valence electrons. The van der Waals surface area contributed by atoms with Gasteiger partial charge < -0.3 is 10.6 Å². The second kappa shape index (κ2) is 8.42. The second-order valence-corrected chi connectivity index (χ2v) is 7.92. The Morgan fingerprint density at radius 1 is 1.06 bits per heavy atom. The summed E-state index contributed by atoms with van der Waals surface area (Å²) in [6.07, 6.45) is 0.152. The van der Waals surface area contributed by atoms with Crippen LogP contribution in [-0.2, 0) is 12.7 Å². The van der Waals surface area contributed by atoms with Crippen molar-refractivity contribution in [1.82, 2.24) is 5.32 Å². The number of benzene rings is 2. The van der Waals surface area contributed by atoms with Crippen molar-refractivity contribution < 1.29 is 18.0 Å². The molecule has 2 aromatic carbocycles. The number of nitrogens with zero attached hydrogens (tertiary/aromatic N) is 2. The van der Waals surface area contributed by atoms with Gasteiger partial charge >= 0.3 is 6.18 Å². The van der Waals surface area contributed by atoms with E-state index < -0.39 is 11.7 Å². The monoisotopic (exact) mass is 426 g/mol. The lowest BCUT2D eigenvalue weighted by atomic mass is 9.90. The third kappa shape index (κ3) is 4.71. The van der Waals surface area contributed by atoms with E-state index in [9.17, 15) is 18.0 Å². The Morgan fingerprint density at radius 3 is 2.52 bits per heavy atom. The quantitative estimate of drug-likeness (QED) is 0.746. The summed E-state index contributed by atoms with van der Waals surface area (Å²) in [5.74, 6) is -0.118. The highest BCUT2D eigenvalue weighted by atomic mass is 19.4. The maximum absolute atomic E-state index is 13.2. The zero-order valence-corrected chi connectivity index (χ0v) is 16.7. The van der Waals surface area contributed by atoms with Gasteiger partial charge in [0, 0.05) is 29.5 Å². The van der Waals surface area contributed by atoms with Crippen molar-refractivity contribution in [2.24, 2.45) is 4.99 Å². The predicted molar refractivity (Wildman–Crippen MR) is 111 cm³/mol. The van der Waals surface area contributed by atoms with E-state index in [1.807, 2.05) is 12.1 Å². The van der Waals surface area contributed by atoms with E-state index in [4.69, 9.17) is 5.26 Å². The molecule has 1 saturated carbocycles. The predicted octanol–water partition coefficient (Wildman–Crippen LogP) is 4.66. The van der Waals surface area contributed by atoms with Gasteiger partial charge in [0.2, 0.25) is 0 Å². The first-order chi connectivity index (χ1) is 14.8. The molecule has 0 bridgehead atoms. The maximum Gasteiger partial charge on any atom is 0.417 e. The number of nitrogens with one attached hydrogen (secondary N) is 2. The normalized spacial score (nSPS) is 20.1. The van der Waals surface area contributed by atoms with Gasteiger partial charge in [-0.1, -0.05) is 6.07 Å². The fourth-order valence-corrected chi connectivity index (χ4v) is 4.10. The first-order valence-corrected chi connectivity index (χ1v) is 10.1. The number of fused-ring (bicyclic) bond motifs is 1. The number of aliphatic imine (C=N–C) groups is 1. The van der Waals surface area contributed by atoms with Gasteiger partial charge in [0.25, 0.3) is 5.91 Å². The lowest BCUT2D eigenvalue weighted by molar-refractivity contribution is -0.137. The topological polar surface area (TPSA) is 77.3 Å². The Bertz CT molecular complexity index is 1060. The molecule has 0 atom stereocenters. The molecule has 0 aromatic heterocycles. The van der Waals surface area contributed by atoms with E-state index >= 15 is 0 Å². The molecule has 2 aromatic rings. The summed E-state index contributed by atoms with van der Waals surface area (Å²) in [6, 6.07) is 10.9. The Labute approximate surface area is 178 Å². The molecule has 1 heterocycles. The van der Waals surface area contributed by atoms with E-state index in [2.05, 4.69) is 15.6 Å². The van der Waals surface area contributed by atoms with Crippen LogP contribution in [0.3, 0.4) is 0 Å². The Hall–Kier alpha value is -3.34. The van der Waals surface area contributed by atoms with Crippen LogP contribution in [0.5, 0.6) is 0 Å². The fourth-order valence-electron chi connectivity index (χ4n) is 4.10. The van der Waals surface area contributed by atoms with Crippen LogP contribution in [0.15, 0.2) is 41.4 Å². The molecule has 0 radical (unpaired) electrons. The largest absolute Gasteiger partial charge is 0.417 e. The number of nitriles is 1. The third-order valence-corrected chi connectivity index (χ3v) is 5.78. The molecule has 1 aliphatic carbocycles. The van der Waals surface area contributed by atoms with Crippen LogP contribution in [0.25, 0.3) is 0 Å². The van der Waals surface area contributed by atoms with E-state index in [0.717, 1.165) is 42.9 Å².